The van der Waals surface area contributed by atoms with Gasteiger partial charge in [0.2, 0.25) is 10.0 Å². The van der Waals surface area contributed by atoms with E-state index in [9.17, 15) is 18.0 Å². The van der Waals surface area contributed by atoms with Gasteiger partial charge in [0.1, 0.15) is 19.0 Å². The van der Waals surface area contributed by atoms with Crippen LogP contribution >= 0.6 is 0 Å². The molecular formula is C23H22N2O8S. The smallest absolute Gasteiger partial charge is 0.338 e. The maximum Gasteiger partial charge on any atom is 0.338 e. The number of furan rings is 1. The Morgan fingerprint density at radius 1 is 1.03 bits per heavy atom. The number of benzene rings is 2. The Bertz CT molecular complexity index is 1300. The highest BCUT2D eigenvalue weighted by Crippen LogP contribution is 2.32. The van der Waals surface area contributed by atoms with Crippen LogP contribution in [-0.4, -0.2) is 40.1 Å². The van der Waals surface area contributed by atoms with E-state index in [0.717, 1.165) is 0 Å². The van der Waals surface area contributed by atoms with Crippen molar-refractivity contribution in [1.82, 2.24) is 4.72 Å². The van der Waals surface area contributed by atoms with E-state index in [4.69, 9.17) is 18.6 Å². The van der Waals surface area contributed by atoms with Crippen molar-refractivity contribution in [2.45, 2.75) is 18.4 Å². The molecule has 0 atom stereocenters. The molecule has 34 heavy (non-hydrogen) atoms. The number of rotatable bonds is 8. The van der Waals surface area contributed by atoms with E-state index in [1.165, 1.54) is 24.5 Å². The number of esters is 1. The normalized spacial score (nSPS) is 12.7. The molecule has 0 fully saturated rings. The molecule has 1 aliphatic rings. The molecule has 2 aromatic carbocycles. The maximum absolute atomic E-state index is 12.6. The second kappa shape index (κ2) is 9.98. The van der Waals surface area contributed by atoms with E-state index in [2.05, 4.69) is 10.0 Å². The van der Waals surface area contributed by atoms with E-state index < -0.39 is 28.5 Å². The number of amides is 1. The van der Waals surface area contributed by atoms with Crippen molar-refractivity contribution in [3.63, 3.8) is 0 Å². The average Bonchev–Trinajstić information content (AvgIpc) is 3.35. The van der Waals surface area contributed by atoms with Crippen molar-refractivity contribution in [3.8, 4) is 11.5 Å². The number of hydrogen-bond donors (Lipinski definition) is 2. The monoisotopic (exact) mass is 486 g/mol. The Morgan fingerprint density at radius 3 is 2.59 bits per heavy atom. The van der Waals surface area contributed by atoms with Gasteiger partial charge in [-0.3, -0.25) is 4.79 Å². The molecule has 10 nitrogen and oxygen atoms in total. The van der Waals surface area contributed by atoms with E-state index >= 15 is 0 Å². The van der Waals surface area contributed by atoms with E-state index in [1.54, 1.807) is 37.3 Å². The first-order chi connectivity index (χ1) is 16.3. The molecular weight excluding hydrogens is 464 g/mol. The molecule has 0 spiro atoms. The number of carbonyl (C=O) groups excluding carboxylic acids is 2. The number of aryl methyl sites for hydroxylation is 1. The molecule has 2 N–H and O–H groups in total. The first-order valence-electron chi connectivity index (χ1n) is 10.3. The van der Waals surface area contributed by atoms with Crippen LogP contribution in [0.3, 0.4) is 0 Å². The molecule has 0 radical (unpaired) electrons. The van der Waals surface area contributed by atoms with Gasteiger partial charge in [0.15, 0.2) is 18.1 Å². The highest BCUT2D eigenvalue weighted by molar-refractivity contribution is 7.89. The summed E-state index contributed by atoms with van der Waals surface area (Å²) in [5.74, 6) is 0.152. The van der Waals surface area contributed by atoms with Crippen molar-refractivity contribution in [2.24, 2.45) is 0 Å². The van der Waals surface area contributed by atoms with Crippen LogP contribution in [0.15, 0.2) is 64.1 Å². The molecule has 1 aromatic heterocycles. The second-order valence-corrected chi connectivity index (χ2v) is 9.13. The first-order valence-corrected chi connectivity index (χ1v) is 11.8. The van der Waals surface area contributed by atoms with E-state index in [1.807, 2.05) is 0 Å². The zero-order chi connectivity index (χ0) is 24.1. The van der Waals surface area contributed by atoms with Crippen LogP contribution in [-0.2, 0) is 26.1 Å². The predicted octanol–water partition coefficient (Wildman–Crippen LogP) is 2.63. The predicted molar refractivity (Wildman–Crippen MR) is 120 cm³/mol. The van der Waals surface area contributed by atoms with Gasteiger partial charge in [0.25, 0.3) is 5.91 Å². The summed E-state index contributed by atoms with van der Waals surface area (Å²) in [6, 6.07) is 12.3. The summed E-state index contributed by atoms with van der Waals surface area (Å²) < 4.78 is 48.7. The molecule has 11 heteroatoms. The number of sulfonamides is 1. The molecule has 2 heterocycles. The van der Waals surface area contributed by atoms with Gasteiger partial charge >= 0.3 is 5.97 Å². The van der Waals surface area contributed by atoms with Crippen molar-refractivity contribution in [1.29, 1.82) is 0 Å². The molecule has 178 valence electrons. The van der Waals surface area contributed by atoms with E-state index in [0.29, 0.717) is 41.7 Å². The van der Waals surface area contributed by atoms with Crippen molar-refractivity contribution in [2.75, 3.05) is 25.1 Å². The van der Waals surface area contributed by atoms with Crippen LogP contribution in [0.5, 0.6) is 11.5 Å². The van der Waals surface area contributed by atoms with Crippen LogP contribution in [0.1, 0.15) is 21.7 Å². The Morgan fingerprint density at radius 2 is 1.82 bits per heavy atom. The van der Waals surface area contributed by atoms with Crippen LogP contribution in [0.2, 0.25) is 0 Å². The molecule has 4 rings (SSSR count). The minimum absolute atomic E-state index is 0.0352. The third kappa shape index (κ3) is 5.56. The van der Waals surface area contributed by atoms with Gasteiger partial charge in [-0.1, -0.05) is 6.07 Å². The highest BCUT2D eigenvalue weighted by atomic mass is 32.2. The summed E-state index contributed by atoms with van der Waals surface area (Å²) in [5.41, 5.74) is 0.993. The minimum Gasteiger partial charge on any atom is -0.486 e. The minimum atomic E-state index is -3.91. The lowest BCUT2D eigenvalue weighted by molar-refractivity contribution is -0.119. The number of nitrogens with one attached hydrogen (secondary N) is 2. The summed E-state index contributed by atoms with van der Waals surface area (Å²) >= 11 is 0. The Hall–Kier alpha value is -3.83. The molecule has 1 amide bonds. The third-order valence-corrected chi connectivity index (χ3v) is 6.31. The molecule has 0 saturated carbocycles. The number of anilines is 1. The number of carbonyl (C=O) groups is 2. The molecule has 0 unspecified atom stereocenters. The molecule has 3 aromatic rings. The van der Waals surface area contributed by atoms with Gasteiger partial charge in [-0.15, -0.1) is 0 Å². The van der Waals surface area contributed by atoms with Gasteiger partial charge in [0.05, 0.1) is 23.3 Å². The number of fused-ring (bicyclic) bond motifs is 1. The fourth-order valence-electron chi connectivity index (χ4n) is 3.18. The summed E-state index contributed by atoms with van der Waals surface area (Å²) in [7, 11) is -3.91. The lowest BCUT2D eigenvalue weighted by atomic mass is 10.1. The number of hydrogen-bond acceptors (Lipinski definition) is 8. The highest BCUT2D eigenvalue weighted by Gasteiger charge is 2.20. The van der Waals surface area contributed by atoms with Gasteiger partial charge in [-0.05, 0) is 48.9 Å². The summed E-state index contributed by atoms with van der Waals surface area (Å²) in [6.45, 7) is 1.91. The third-order valence-electron chi connectivity index (χ3n) is 4.92. The van der Waals surface area contributed by atoms with Gasteiger partial charge in [0, 0.05) is 11.8 Å². The maximum atomic E-state index is 12.6. The van der Waals surface area contributed by atoms with Gasteiger partial charge in [-0.2, -0.15) is 0 Å². The van der Waals surface area contributed by atoms with Crippen molar-refractivity contribution in [3.05, 3.63) is 71.7 Å². The number of ether oxygens (including phenoxy) is 3. The molecule has 1 aliphatic heterocycles. The average molecular weight is 487 g/mol. The Balaban J connectivity index is 1.37. The molecule has 0 bridgehead atoms. The zero-order valence-electron chi connectivity index (χ0n) is 18.2. The largest absolute Gasteiger partial charge is 0.486 e. The lowest BCUT2D eigenvalue weighted by Crippen LogP contribution is -2.24. The zero-order valence-corrected chi connectivity index (χ0v) is 19.0. The summed E-state index contributed by atoms with van der Waals surface area (Å²) in [5, 5.41) is 2.61. The molecule has 0 aliphatic carbocycles. The van der Waals surface area contributed by atoms with Crippen LogP contribution in [0, 0.1) is 6.92 Å². The van der Waals surface area contributed by atoms with Crippen LogP contribution in [0.4, 0.5) is 5.69 Å². The Labute approximate surface area is 195 Å². The Kier molecular flexibility index (Phi) is 6.85. The van der Waals surface area contributed by atoms with Crippen molar-refractivity contribution < 1.29 is 36.6 Å². The lowest BCUT2D eigenvalue weighted by Gasteiger charge is -2.19. The SMILES string of the molecule is Cc1ccc(S(=O)(=O)NCc2ccco2)cc1C(=O)OCC(=O)Nc1ccc2c(c1)OCCO2. The van der Waals surface area contributed by atoms with Gasteiger partial charge < -0.3 is 23.9 Å². The van der Waals surface area contributed by atoms with E-state index in [-0.39, 0.29) is 17.0 Å². The first kappa shape index (κ1) is 23.3. The quantitative estimate of drug-likeness (QED) is 0.464. The van der Waals surface area contributed by atoms with Gasteiger partial charge in [-0.25, -0.2) is 17.9 Å². The fourth-order valence-corrected chi connectivity index (χ4v) is 4.20. The standard InChI is InChI=1S/C23H22N2O8S/c1-15-4-6-18(34(28,29)24-13-17-3-2-8-30-17)12-19(15)23(27)33-14-22(26)25-16-5-7-20-21(11-16)32-10-9-31-20/h2-8,11-12,24H,9-10,13-14H2,1H3,(H,25,26). The summed E-state index contributed by atoms with van der Waals surface area (Å²) in [6.07, 6.45) is 1.44. The molecule has 0 saturated heterocycles. The second-order valence-electron chi connectivity index (χ2n) is 7.36. The van der Waals surface area contributed by atoms with Crippen LogP contribution < -0.4 is 19.5 Å². The summed E-state index contributed by atoms with van der Waals surface area (Å²) in [4.78, 5) is 24.7. The fraction of sp³-hybridized carbons (Fsp3) is 0.217. The van der Waals surface area contributed by atoms with Crippen LogP contribution in [0.25, 0.3) is 0 Å². The topological polar surface area (TPSA) is 133 Å². The van der Waals surface area contributed by atoms with Crippen molar-refractivity contribution >= 4 is 27.6 Å².